The van der Waals surface area contributed by atoms with Gasteiger partial charge in [-0.1, -0.05) is 0 Å². The molecule has 7 heteroatoms. The molecular formula is C18H27N3O4. The standard InChI is InChI=1S/C18H27N3O4/c1-5-20(2)17(22)11-16-18(23)19-6-7-21(16)12-13-8-14(24-3)10-15(9-13)25-4/h8-10,16H,5-7,11-12H2,1-4H3,(H,19,23)/t16-/m0/s1. The minimum Gasteiger partial charge on any atom is -0.497 e. The van der Waals surface area contributed by atoms with Crippen molar-refractivity contribution in [3.63, 3.8) is 0 Å². The first-order chi connectivity index (χ1) is 12.0. The molecule has 0 unspecified atom stereocenters. The summed E-state index contributed by atoms with van der Waals surface area (Å²) in [4.78, 5) is 28.3. The zero-order valence-electron chi connectivity index (χ0n) is 15.4. The van der Waals surface area contributed by atoms with Gasteiger partial charge in [0.05, 0.1) is 26.7 Å². The number of amides is 2. The molecule has 1 N–H and O–H groups in total. The molecule has 1 heterocycles. The van der Waals surface area contributed by atoms with E-state index >= 15 is 0 Å². The molecule has 1 aliphatic rings. The third-order valence-corrected chi connectivity index (χ3v) is 4.51. The summed E-state index contributed by atoms with van der Waals surface area (Å²) in [6.45, 7) is 4.36. The SMILES string of the molecule is CCN(C)C(=O)C[C@H]1C(=O)NCCN1Cc1cc(OC)cc(OC)c1. The van der Waals surface area contributed by atoms with E-state index in [4.69, 9.17) is 9.47 Å². The van der Waals surface area contributed by atoms with Gasteiger partial charge in [0.15, 0.2) is 0 Å². The van der Waals surface area contributed by atoms with E-state index < -0.39 is 6.04 Å². The van der Waals surface area contributed by atoms with Gasteiger partial charge in [0.25, 0.3) is 0 Å². The molecule has 0 bridgehead atoms. The second kappa shape index (κ2) is 8.71. The van der Waals surface area contributed by atoms with Crippen molar-refractivity contribution in [1.82, 2.24) is 15.1 Å². The molecule has 2 rings (SSSR count). The van der Waals surface area contributed by atoms with Crippen molar-refractivity contribution < 1.29 is 19.1 Å². The Balaban J connectivity index is 2.17. The minimum atomic E-state index is -0.465. The minimum absolute atomic E-state index is 0.0298. The molecule has 1 aromatic carbocycles. The van der Waals surface area contributed by atoms with Crippen molar-refractivity contribution >= 4 is 11.8 Å². The molecule has 1 fully saturated rings. The van der Waals surface area contributed by atoms with Crippen molar-refractivity contribution in [2.75, 3.05) is 40.9 Å². The van der Waals surface area contributed by atoms with Crippen LogP contribution >= 0.6 is 0 Å². The molecule has 0 aliphatic carbocycles. The number of benzene rings is 1. The number of carbonyl (C=O) groups is 2. The molecule has 0 saturated carbocycles. The number of ether oxygens (including phenoxy) is 2. The molecule has 1 saturated heterocycles. The maximum absolute atomic E-state index is 12.3. The van der Waals surface area contributed by atoms with E-state index in [1.807, 2.05) is 30.0 Å². The van der Waals surface area contributed by atoms with E-state index in [2.05, 4.69) is 5.32 Å². The lowest BCUT2D eigenvalue weighted by atomic mass is 10.1. The second-order valence-electron chi connectivity index (χ2n) is 6.11. The number of rotatable bonds is 7. The van der Waals surface area contributed by atoms with Gasteiger partial charge < -0.3 is 19.7 Å². The predicted octanol–water partition coefficient (Wildman–Crippen LogP) is 0.873. The number of hydrogen-bond acceptors (Lipinski definition) is 5. The van der Waals surface area contributed by atoms with E-state index in [0.717, 1.165) is 5.56 Å². The predicted molar refractivity (Wildman–Crippen MR) is 94.7 cm³/mol. The van der Waals surface area contributed by atoms with Gasteiger partial charge in [0.1, 0.15) is 11.5 Å². The quantitative estimate of drug-likeness (QED) is 0.791. The summed E-state index contributed by atoms with van der Waals surface area (Å²) in [6.07, 6.45) is 0.178. The monoisotopic (exact) mass is 349 g/mol. The Morgan fingerprint density at radius 3 is 2.48 bits per heavy atom. The first kappa shape index (κ1) is 19.1. The third-order valence-electron chi connectivity index (χ3n) is 4.51. The van der Waals surface area contributed by atoms with Crippen LogP contribution in [0.3, 0.4) is 0 Å². The fourth-order valence-corrected chi connectivity index (χ4v) is 2.86. The Bertz CT molecular complexity index is 598. The number of nitrogens with zero attached hydrogens (tertiary/aromatic N) is 2. The van der Waals surface area contributed by atoms with Gasteiger partial charge in [-0.05, 0) is 24.6 Å². The van der Waals surface area contributed by atoms with Crippen LogP contribution in [-0.2, 0) is 16.1 Å². The average Bonchev–Trinajstić information content (AvgIpc) is 2.63. The summed E-state index contributed by atoms with van der Waals surface area (Å²) < 4.78 is 10.6. The molecule has 0 aromatic heterocycles. The summed E-state index contributed by atoms with van der Waals surface area (Å²) >= 11 is 0. The number of nitrogens with one attached hydrogen (secondary N) is 1. The van der Waals surface area contributed by atoms with Gasteiger partial charge in [-0.15, -0.1) is 0 Å². The molecule has 1 aliphatic heterocycles. The van der Waals surface area contributed by atoms with Crippen LogP contribution in [0.25, 0.3) is 0 Å². The Hall–Kier alpha value is -2.28. The molecule has 25 heavy (non-hydrogen) atoms. The molecule has 1 aromatic rings. The Morgan fingerprint density at radius 2 is 1.92 bits per heavy atom. The van der Waals surface area contributed by atoms with E-state index in [1.54, 1.807) is 26.2 Å². The lowest BCUT2D eigenvalue weighted by molar-refractivity contribution is -0.138. The van der Waals surface area contributed by atoms with Crippen molar-refractivity contribution in [1.29, 1.82) is 0 Å². The topological polar surface area (TPSA) is 71.1 Å². The summed E-state index contributed by atoms with van der Waals surface area (Å²) in [7, 11) is 4.96. The molecule has 0 radical (unpaired) electrons. The van der Waals surface area contributed by atoms with Gasteiger partial charge in [-0.3, -0.25) is 14.5 Å². The van der Waals surface area contributed by atoms with Crippen LogP contribution in [0.15, 0.2) is 18.2 Å². The smallest absolute Gasteiger partial charge is 0.237 e. The zero-order chi connectivity index (χ0) is 18.4. The highest BCUT2D eigenvalue weighted by atomic mass is 16.5. The van der Waals surface area contributed by atoms with Crippen LogP contribution in [0, 0.1) is 0 Å². The van der Waals surface area contributed by atoms with Crippen molar-refractivity contribution in [3.8, 4) is 11.5 Å². The van der Waals surface area contributed by atoms with Crippen LogP contribution in [0.1, 0.15) is 18.9 Å². The van der Waals surface area contributed by atoms with Crippen molar-refractivity contribution in [2.45, 2.75) is 25.9 Å². The van der Waals surface area contributed by atoms with Crippen LogP contribution in [0.2, 0.25) is 0 Å². The molecule has 2 amide bonds. The van der Waals surface area contributed by atoms with Crippen LogP contribution in [-0.4, -0.2) is 68.6 Å². The first-order valence-electron chi connectivity index (χ1n) is 8.46. The summed E-state index contributed by atoms with van der Waals surface area (Å²) in [5.41, 5.74) is 0.979. The zero-order valence-corrected chi connectivity index (χ0v) is 15.4. The van der Waals surface area contributed by atoms with Gasteiger partial charge in [-0.25, -0.2) is 0 Å². The lowest BCUT2D eigenvalue weighted by Gasteiger charge is -2.35. The van der Waals surface area contributed by atoms with E-state index in [-0.39, 0.29) is 18.2 Å². The Morgan fingerprint density at radius 1 is 1.28 bits per heavy atom. The van der Waals surface area contributed by atoms with Crippen LogP contribution in [0.4, 0.5) is 0 Å². The molecule has 1 atom stereocenters. The average molecular weight is 349 g/mol. The van der Waals surface area contributed by atoms with Gasteiger partial charge in [0, 0.05) is 39.3 Å². The highest BCUT2D eigenvalue weighted by Crippen LogP contribution is 2.24. The van der Waals surface area contributed by atoms with Crippen LogP contribution in [0.5, 0.6) is 11.5 Å². The maximum atomic E-state index is 12.3. The van der Waals surface area contributed by atoms with E-state index in [0.29, 0.717) is 37.7 Å². The maximum Gasteiger partial charge on any atom is 0.237 e. The largest absolute Gasteiger partial charge is 0.497 e. The van der Waals surface area contributed by atoms with E-state index in [9.17, 15) is 9.59 Å². The normalized spacial score (nSPS) is 17.8. The number of carbonyl (C=O) groups excluding carboxylic acids is 2. The summed E-state index contributed by atoms with van der Waals surface area (Å²) in [5.74, 6) is 1.28. The van der Waals surface area contributed by atoms with E-state index in [1.165, 1.54) is 0 Å². The summed E-state index contributed by atoms with van der Waals surface area (Å²) in [6, 6.07) is 5.19. The third kappa shape index (κ3) is 4.85. The van der Waals surface area contributed by atoms with Crippen molar-refractivity contribution in [2.24, 2.45) is 0 Å². The molecule has 138 valence electrons. The number of hydrogen-bond donors (Lipinski definition) is 1. The lowest BCUT2D eigenvalue weighted by Crippen LogP contribution is -2.56. The molecular weight excluding hydrogens is 322 g/mol. The summed E-state index contributed by atoms with van der Waals surface area (Å²) in [5, 5.41) is 2.85. The highest BCUT2D eigenvalue weighted by molar-refractivity contribution is 5.88. The molecule has 7 nitrogen and oxygen atoms in total. The van der Waals surface area contributed by atoms with Gasteiger partial charge in [-0.2, -0.15) is 0 Å². The molecule has 0 spiro atoms. The van der Waals surface area contributed by atoms with Gasteiger partial charge in [0.2, 0.25) is 11.8 Å². The highest BCUT2D eigenvalue weighted by Gasteiger charge is 2.32. The fourth-order valence-electron chi connectivity index (χ4n) is 2.86. The Kier molecular flexibility index (Phi) is 6.64. The van der Waals surface area contributed by atoms with Gasteiger partial charge >= 0.3 is 0 Å². The first-order valence-corrected chi connectivity index (χ1v) is 8.46. The van der Waals surface area contributed by atoms with Crippen LogP contribution < -0.4 is 14.8 Å². The fraction of sp³-hybridized carbons (Fsp3) is 0.556. The number of methoxy groups -OCH3 is 2. The second-order valence-corrected chi connectivity index (χ2v) is 6.11. The number of piperazine rings is 1. The van der Waals surface area contributed by atoms with Crippen molar-refractivity contribution in [3.05, 3.63) is 23.8 Å². The Labute approximate surface area is 148 Å².